The predicted octanol–water partition coefficient (Wildman–Crippen LogP) is 0.489. The molecule has 0 aliphatic carbocycles. The van der Waals surface area contributed by atoms with E-state index in [9.17, 15) is 14.4 Å². The first-order chi connectivity index (χ1) is 8.31. The summed E-state index contributed by atoms with van der Waals surface area (Å²) in [6.45, 7) is 2.79. The van der Waals surface area contributed by atoms with E-state index in [1.165, 1.54) is 25.8 Å². The lowest BCUT2D eigenvalue weighted by Gasteiger charge is -2.15. The van der Waals surface area contributed by atoms with Crippen LogP contribution in [0.3, 0.4) is 0 Å². The number of carbonyl (C=O) groups excluding carboxylic acids is 2. The number of nitriles is 1. The van der Waals surface area contributed by atoms with Crippen LogP contribution in [0.1, 0.15) is 20.3 Å². The Balaban J connectivity index is 4.59. The third kappa shape index (κ3) is 4.65. The zero-order chi connectivity index (χ0) is 14.3. The van der Waals surface area contributed by atoms with Gasteiger partial charge in [-0.2, -0.15) is 5.26 Å². The topological polar surface area (TPSA) is 110 Å². The van der Waals surface area contributed by atoms with Crippen molar-refractivity contribution in [2.75, 3.05) is 13.6 Å². The molecule has 0 heterocycles. The summed E-state index contributed by atoms with van der Waals surface area (Å²) >= 11 is 0. The maximum absolute atomic E-state index is 11.5. The fraction of sp³-hybridized carbons (Fsp3) is 0.455. The fourth-order valence-corrected chi connectivity index (χ4v) is 0.936. The summed E-state index contributed by atoms with van der Waals surface area (Å²) < 4.78 is 0. The molecular weight excluding hydrogens is 238 g/mol. The molecule has 0 radical (unpaired) electrons. The third-order valence-electron chi connectivity index (χ3n) is 2.35. The van der Waals surface area contributed by atoms with E-state index >= 15 is 0 Å². The number of hydrogen-bond donors (Lipinski definition) is 2. The second kappa shape index (κ2) is 7.06. The van der Waals surface area contributed by atoms with Crippen molar-refractivity contribution in [3.8, 4) is 6.07 Å². The SMILES string of the molecule is CC(C(=O)O)=C(C)C(=O)NC(=O)N(C)CCC#N. The van der Waals surface area contributed by atoms with Crippen LogP contribution in [-0.4, -0.2) is 41.5 Å². The van der Waals surface area contributed by atoms with Crippen LogP contribution in [0, 0.1) is 11.3 Å². The van der Waals surface area contributed by atoms with Crippen molar-refractivity contribution in [3.05, 3.63) is 11.1 Å². The largest absolute Gasteiger partial charge is 0.478 e. The fourth-order valence-electron chi connectivity index (χ4n) is 0.936. The Morgan fingerprint density at radius 2 is 1.83 bits per heavy atom. The molecule has 0 aliphatic rings. The second-order valence-electron chi connectivity index (χ2n) is 3.64. The molecule has 0 atom stereocenters. The van der Waals surface area contributed by atoms with Crippen molar-refractivity contribution in [2.45, 2.75) is 20.3 Å². The Bertz CT molecular complexity index is 434. The van der Waals surface area contributed by atoms with Crippen molar-refractivity contribution < 1.29 is 19.5 Å². The van der Waals surface area contributed by atoms with Crippen LogP contribution in [0.4, 0.5) is 4.79 Å². The number of nitrogens with zero attached hydrogens (tertiary/aromatic N) is 2. The summed E-state index contributed by atoms with van der Waals surface area (Å²) in [6, 6.07) is 1.20. The minimum atomic E-state index is -1.21. The van der Waals surface area contributed by atoms with Gasteiger partial charge in [-0.15, -0.1) is 0 Å². The second-order valence-corrected chi connectivity index (χ2v) is 3.64. The van der Waals surface area contributed by atoms with Gasteiger partial charge in [0.2, 0.25) is 0 Å². The molecule has 0 saturated heterocycles. The van der Waals surface area contributed by atoms with Crippen LogP contribution in [0.2, 0.25) is 0 Å². The summed E-state index contributed by atoms with van der Waals surface area (Å²) in [5.41, 5.74) is -0.162. The van der Waals surface area contributed by atoms with Gasteiger partial charge in [0.1, 0.15) is 0 Å². The van der Waals surface area contributed by atoms with Gasteiger partial charge in [0, 0.05) is 24.7 Å². The van der Waals surface area contributed by atoms with Gasteiger partial charge >= 0.3 is 12.0 Å². The minimum absolute atomic E-state index is 0.0375. The number of rotatable bonds is 4. The molecule has 0 fully saturated rings. The molecule has 18 heavy (non-hydrogen) atoms. The molecule has 0 saturated carbocycles. The summed E-state index contributed by atoms with van der Waals surface area (Å²) in [6.07, 6.45) is 0.154. The van der Waals surface area contributed by atoms with Gasteiger partial charge in [0.15, 0.2) is 0 Å². The van der Waals surface area contributed by atoms with Crippen LogP contribution in [-0.2, 0) is 9.59 Å². The molecule has 0 aromatic heterocycles. The maximum Gasteiger partial charge on any atom is 0.331 e. The lowest BCUT2D eigenvalue weighted by atomic mass is 10.1. The standard InChI is InChI=1S/C11H15N3O4/c1-7(8(2)10(16)17)9(15)13-11(18)14(3)6-4-5-12/h4,6H2,1-3H3,(H,16,17)(H,13,15,18). The van der Waals surface area contributed by atoms with E-state index in [0.29, 0.717) is 0 Å². The summed E-state index contributed by atoms with van der Waals surface area (Å²) in [7, 11) is 1.43. The molecule has 0 unspecified atom stereocenters. The van der Waals surface area contributed by atoms with Gasteiger partial charge in [-0.1, -0.05) is 0 Å². The van der Waals surface area contributed by atoms with Gasteiger partial charge in [0.25, 0.3) is 5.91 Å². The number of imide groups is 1. The van der Waals surface area contributed by atoms with E-state index in [0.717, 1.165) is 0 Å². The van der Waals surface area contributed by atoms with Crippen molar-refractivity contribution in [1.29, 1.82) is 5.26 Å². The number of urea groups is 1. The Morgan fingerprint density at radius 3 is 2.28 bits per heavy atom. The molecular formula is C11H15N3O4. The first kappa shape index (κ1) is 15.6. The Hall–Kier alpha value is -2.36. The van der Waals surface area contributed by atoms with Crippen molar-refractivity contribution in [1.82, 2.24) is 10.2 Å². The van der Waals surface area contributed by atoms with Gasteiger partial charge in [0.05, 0.1) is 12.5 Å². The zero-order valence-electron chi connectivity index (χ0n) is 10.5. The quantitative estimate of drug-likeness (QED) is 0.708. The van der Waals surface area contributed by atoms with E-state index in [1.54, 1.807) is 0 Å². The molecule has 0 spiro atoms. The van der Waals surface area contributed by atoms with E-state index in [1.807, 2.05) is 11.4 Å². The Kier molecular flexibility index (Phi) is 6.14. The zero-order valence-corrected chi connectivity index (χ0v) is 10.5. The monoisotopic (exact) mass is 253 g/mol. The number of hydrogen-bond acceptors (Lipinski definition) is 4. The average Bonchev–Trinajstić information content (AvgIpc) is 2.33. The van der Waals surface area contributed by atoms with E-state index in [2.05, 4.69) is 0 Å². The lowest BCUT2D eigenvalue weighted by molar-refractivity contribution is -0.133. The first-order valence-corrected chi connectivity index (χ1v) is 5.15. The van der Waals surface area contributed by atoms with Crippen molar-refractivity contribution in [3.63, 3.8) is 0 Å². The molecule has 98 valence electrons. The summed E-state index contributed by atoms with van der Waals surface area (Å²) in [5.74, 6) is -1.98. The number of amides is 3. The molecule has 0 aromatic carbocycles. The van der Waals surface area contributed by atoms with Gasteiger partial charge in [-0.05, 0) is 13.8 Å². The normalized spacial score (nSPS) is 11.0. The smallest absolute Gasteiger partial charge is 0.331 e. The van der Waals surface area contributed by atoms with Crippen LogP contribution in [0.5, 0.6) is 0 Å². The number of carbonyl (C=O) groups is 3. The number of aliphatic carboxylic acids is 1. The highest BCUT2D eigenvalue weighted by Gasteiger charge is 2.17. The number of nitrogens with one attached hydrogen (secondary N) is 1. The predicted molar refractivity (Wildman–Crippen MR) is 62.4 cm³/mol. The number of carboxylic acids is 1. The van der Waals surface area contributed by atoms with Crippen LogP contribution < -0.4 is 5.32 Å². The molecule has 0 rings (SSSR count). The molecule has 3 amide bonds. The van der Waals surface area contributed by atoms with Gasteiger partial charge in [-0.3, -0.25) is 10.1 Å². The van der Waals surface area contributed by atoms with E-state index in [4.69, 9.17) is 10.4 Å². The van der Waals surface area contributed by atoms with Crippen LogP contribution >= 0.6 is 0 Å². The highest BCUT2D eigenvalue weighted by Crippen LogP contribution is 2.03. The molecule has 0 aliphatic heterocycles. The number of carboxylic acid groups (broad SMARTS) is 1. The Morgan fingerprint density at radius 1 is 1.28 bits per heavy atom. The Labute approximate surface area is 105 Å². The van der Waals surface area contributed by atoms with Gasteiger partial charge in [-0.25, -0.2) is 9.59 Å². The molecule has 0 aromatic rings. The highest BCUT2D eigenvalue weighted by atomic mass is 16.4. The van der Waals surface area contributed by atoms with Crippen LogP contribution in [0.25, 0.3) is 0 Å². The summed E-state index contributed by atoms with van der Waals surface area (Å²) in [5, 5.41) is 19.1. The lowest BCUT2D eigenvalue weighted by Crippen LogP contribution is -2.41. The van der Waals surface area contributed by atoms with Gasteiger partial charge < -0.3 is 10.0 Å². The molecule has 7 heteroatoms. The van der Waals surface area contributed by atoms with E-state index < -0.39 is 17.9 Å². The van der Waals surface area contributed by atoms with E-state index in [-0.39, 0.29) is 24.1 Å². The highest BCUT2D eigenvalue weighted by molar-refractivity contribution is 6.07. The maximum atomic E-state index is 11.5. The average molecular weight is 253 g/mol. The summed E-state index contributed by atoms with van der Waals surface area (Å²) in [4.78, 5) is 34.8. The van der Waals surface area contributed by atoms with Crippen LogP contribution in [0.15, 0.2) is 11.1 Å². The first-order valence-electron chi connectivity index (χ1n) is 5.15. The van der Waals surface area contributed by atoms with Crippen molar-refractivity contribution in [2.24, 2.45) is 0 Å². The molecule has 2 N–H and O–H groups in total. The minimum Gasteiger partial charge on any atom is -0.478 e. The third-order valence-corrected chi connectivity index (χ3v) is 2.35. The molecule has 7 nitrogen and oxygen atoms in total. The van der Waals surface area contributed by atoms with Crippen molar-refractivity contribution >= 4 is 17.9 Å². The molecule has 0 bridgehead atoms.